The SMILES string of the molecule is OC(c1cc2cccc(Cl)c2o1)C1CC2CCC1C2. The minimum atomic E-state index is -0.473. The predicted octanol–water partition coefficient (Wildman–Crippen LogP) is 4.56. The molecule has 19 heavy (non-hydrogen) atoms. The molecule has 0 radical (unpaired) electrons. The average molecular weight is 277 g/mol. The number of aliphatic hydroxyl groups excluding tert-OH is 1. The van der Waals surface area contributed by atoms with Gasteiger partial charge in [0.05, 0.1) is 5.02 Å². The van der Waals surface area contributed by atoms with E-state index in [1.165, 1.54) is 19.3 Å². The molecule has 4 rings (SSSR count). The lowest BCUT2D eigenvalue weighted by Gasteiger charge is -2.25. The Labute approximate surface area is 117 Å². The zero-order valence-corrected chi connectivity index (χ0v) is 11.4. The topological polar surface area (TPSA) is 33.4 Å². The molecule has 0 saturated heterocycles. The molecule has 2 aliphatic rings. The number of hydrogen-bond acceptors (Lipinski definition) is 2. The second-order valence-corrected chi connectivity index (χ2v) is 6.50. The molecule has 2 bridgehead atoms. The highest BCUT2D eigenvalue weighted by Gasteiger charge is 2.43. The minimum Gasteiger partial charge on any atom is -0.457 e. The highest BCUT2D eigenvalue weighted by atomic mass is 35.5. The summed E-state index contributed by atoms with van der Waals surface area (Å²) in [6, 6.07) is 7.65. The van der Waals surface area contributed by atoms with Crippen LogP contribution in [0.1, 0.15) is 37.5 Å². The van der Waals surface area contributed by atoms with Gasteiger partial charge in [0, 0.05) is 5.39 Å². The lowest BCUT2D eigenvalue weighted by atomic mass is 9.84. The minimum absolute atomic E-state index is 0.373. The zero-order chi connectivity index (χ0) is 13.0. The van der Waals surface area contributed by atoms with Crippen molar-refractivity contribution in [2.45, 2.75) is 31.8 Å². The third-order valence-corrected chi connectivity index (χ3v) is 5.30. The van der Waals surface area contributed by atoms with Crippen molar-refractivity contribution in [2.75, 3.05) is 0 Å². The van der Waals surface area contributed by atoms with E-state index in [2.05, 4.69) is 0 Å². The van der Waals surface area contributed by atoms with Crippen molar-refractivity contribution in [1.29, 1.82) is 0 Å². The normalized spacial score (nSPS) is 31.2. The maximum atomic E-state index is 10.6. The molecule has 4 atom stereocenters. The van der Waals surface area contributed by atoms with Crippen LogP contribution in [-0.2, 0) is 0 Å². The summed E-state index contributed by atoms with van der Waals surface area (Å²) in [5.41, 5.74) is 0.696. The summed E-state index contributed by atoms with van der Waals surface area (Å²) in [4.78, 5) is 0. The first-order chi connectivity index (χ1) is 9.22. The van der Waals surface area contributed by atoms with E-state index in [1.807, 2.05) is 24.3 Å². The van der Waals surface area contributed by atoms with Gasteiger partial charge in [0.15, 0.2) is 5.58 Å². The summed E-state index contributed by atoms with van der Waals surface area (Å²) >= 11 is 6.12. The fourth-order valence-electron chi connectivity index (χ4n) is 4.08. The molecular formula is C16H17ClO2. The summed E-state index contributed by atoms with van der Waals surface area (Å²) in [6.45, 7) is 0. The number of aliphatic hydroxyl groups is 1. The van der Waals surface area contributed by atoms with Gasteiger partial charge in [0.25, 0.3) is 0 Å². The lowest BCUT2D eigenvalue weighted by molar-refractivity contribution is 0.0573. The Morgan fingerprint density at radius 3 is 2.84 bits per heavy atom. The van der Waals surface area contributed by atoms with Crippen LogP contribution in [0.4, 0.5) is 0 Å². The van der Waals surface area contributed by atoms with Gasteiger partial charge in [-0.05, 0) is 49.1 Å². The zero-order valence-electron chi connectivity index (χ0n) is 10.7. The van der Waals surface area contributed by atoms with E-state index in [1.54, 1.807) is 0 Å². The summed E-state index contributed by atoms with van der Waals surface area (Å²) in [6.07, 6.45) is 4.59. The van der Waals surface area contributed by atoms with Crippen molar-refractivity contribution in [3.8, 4) is 0 Å². The van der Waals surface area contributed by atoms with E-state index in [0.29, 0.717) is 28.2 Å². The molecule has 2 fully saturated rings. The van der Waals surface area contributed by atoms with Gasteiger partial charge in [0.2, 0.25) is 0 Å². The molecule has 0 aliphatic heterocycles. The largest absolute Gasteiger partial charge is 0.457 e. The van der Waals surface area contributed by atoms with Gasteiger partial charge >= 0.3 is 0 Å². The molecule has 1 N–H and O–H groups in total. The van der Waals surface area contributed by atoms with Crippen LogP contribution < -0.4 is 0 Å². The Bertz CT molecular complexity index is 618. The number of hydrogen-bond donors (Lipinski definition) is 1. The van der Waals surface area contributed by atoms with E-state index in [0.717, 1.165) is 17.7 Å². The van der Waals surface area contributed by atoms with Gasteiger partial charge in [-0.2, -0.15) is 0 Å². The summed E-state index contributed by atoms with van der Waals surface area (Å²) in [7, 11) is 0. The Hall–Kier alpha value is -0.990. The lowest BCUT2D eigenvalue weighted by Crippen LogP contribution is -2.18. The van der Waals surface area contributed by atoms with Crippen LogP contribution in [0, 0.1) is 17.8 Å². The van der Waals surface area contributed by atoms with Crippen LogP contribution >= 0.6 is 11.6 Å². The quantitative estimate of drug-likeness (QED) is 0.872. The van der Waals surface area contributed by atoms with Crippen LogP contribution in [0.2, 0.25) is 5.02 Å². The molecule has 0 amide bonds. The van der Waals surface area contributed by atoms with Gasteiger partial charge in [0.1, 0.15) is 11.9 Å². The van der Waals surface area contributed by atoms with Gasteiger partial charge in [-0.15, -0.1) is 0 Å². The molecule has 4 unspecified atom stereocenters. The van der Waals surface area contributed by atoms with E-state index < -0.39 is 6.10 Å². The van der Waals surface area contributed by atoms with E-state index >= 15 is 0 Å². The van der Waals surface area contributed by atoms with Crippen LogP contribution in [0.3, 0.4) is 0 Å². The van der Waals surface area contributed by atoms with Crippen LogP contribution in [-0.4, -0.2) is 5.11 Å². The van der Waals surface area contributed by atoms with Crippen LogP contribution in [0.5, 0.6) is 0 Å². The number of fused-ring (bicyclic) bond motifs is 3. The Morgan fingerprint density at radius 2 is 2.16 bits per heavy atom. The molecule has 3 heteroatoms. The van der Waals surface area contributed by atoms with Gasteiger partial charge < -0.3 is 9.52 Å². The standard InChI is InChI=1S/C16H17ClO2/c17-13-3-1-2-11-8-14(19-16(11)13)15(18)12-7-9-4-5-10(12)6-9/h1-3,8-10,12,15,18H,4-7H2. The van der Waals surface area contributed by atoms with Crippen LogP contribution in [0.15, 0.2) is 28.7 Å². The van der Waals surface area contributed by atoms with E-state index in [9.17, 15) is 5.11 Å². The molecule has 100 valence electrons. The number of benzene rings is 1. The third kappa shape index (κ3) is 1.81. The smallest absolute Gasteiger partial charge is 0.152 e. The first-order valence-corrected chi connectivity index (χ1v) is 7.46. The second kappa shape index (κ2) is 4.26. The van der Waals surface area contributed by atoms with Crippen molar-refractivity contribution in [2.24, 2.45) is 17.8 Å². The maximum absolute atomic E-state index is 10.6. The fourth-order valence-corrected chi connectivity index (χ4v) is 4.31. The summed E-state index contributed by atoms with van der Waals surface area (Å²) in [5, 5.41) is 12.2. The monoisotopic (exact) mass is 276 g/mol. The van der Waals surface area contributed by atoms with E-state index in [-0.39, 0.29) is 0 Å². The molecule has 2 aliphatic carbocycles. The molecule has 2 aromatic rings. The second-order valence-electron chi connectivity index (χ2n) is 6.09. The summed E-state index contributed by atoms with van der Waals surface area (Å²) in [5.74, 6) is 2.57. The molecule has 1 aromatic heterocycles. The Kier molecular flexibility index (Phi) is 2.64. The molecule has 1 aromatic carbocycles. The van der Waals surface area contributed by atoms with Gasteiger partial charge in [-0.1, -0.05) is 30.2 Å². The number of furan rings is 1. The fraction of sp³-hybridized carbons (Fsp3) is 0.500. The third-order valence-electron chi connectivity index (χ3n) is 5.00. The van der Waals surface area contributed by atoms with Crippen molar-refractivity contribution < 1.29 is 9.52 Å². The van der Waals surface area contributed by atoms with Gasteiger partial charge in [-0.3, -0.25) is 0 Å². The number of para-hydroxylation sites is 1. The van der Waals surface area contributed by atoms with Crippen molar-refractivity contribution in [1.82, 2.24) is 0 Å². The van der Waals surface area contributed by atoms with Crippen molar-refractivity contribution >= 4 is 22.6 Å². The number of halogens is 1. The van der Waals surface area contributed by atoms with Crippen molar-refractivity contribution in [3.63, 3.8) is 0 Å². The van der Waals surface area contributed by atoms with Crippen molar-refractivity contribution in [3.05, 3.63) is 35.0 Å². The molecule has 0 spiro atoms. The Balaban J connectivity index is 1.68. The molecule has 1 heterocycles. The molecule has 2 nitrogen and oxygen atoms in total. The Morgan fingerprint density at radius 1 is 1.26 bits per heavy atom. The van der Waals surface area contributed by atoms with Crippen LogP contribution in [0.25, 0.3) is 11.0 Å². The highest BCUT2D eigenvalue weighted by molar-refractivity contribution is 6.34. The molecular weight excluding hydrogens is 260 g/mol. The molecule has 2 saturated carbocycles. The van der Waals surface area contributed by atoms with Gasteiger partial charge in [-0.25, -0.2) is 0 Å². The predicted molar refractivity (Wildman–Crippen MR) is 75.1 cm³/mol. The van der Waals surface area contributed by atoms with E-state index in [4.69, 9.17) is 16.0 Å². The highest BCUT2D eigenvalue weighted by Crippen LogP contribution is 2.52. The average Bonchev–Trinajstić information content (AvgIpc) is 3.12. The first-order valence-electron chi connectivity index (χ1n) is 7.08. The maximum Gasteiger partial charge on any atom is 0.152 e. The summed E-state index contributed by atoms with van der Waals surface area (Å²) < 4.78 is 5.80. The number of rotatable bonds is 2. The first kappa shape index (κ1) is 11.8.